The zero-order valence-corrected chi connectivity index (χ0v) is 33.9. The molecule has 0 aromatic rings. The Morgan fingerprint density at radius 3 is 0.980 bits per heavy atom. The van der Waals surface area contributed by atoms with Crippen molar-refractivity contribution in [2.45, 2.75) is 246 Å². The number of unbranched alkanes of at least 4 members (excludes halogenated alkanes) is 26. The lowest BCUT2D eigenvalue weighted by molar-refractivity contribution is -0.167. The molecule has 0 aromatic carbocycles. The first-order valence-electron chi connectivity index (χ1n) is 21.9. The van der Waals surface area contributed by atoms with Crippen LogP contribution in [0.25, 0.3) is 0 Å². The first kappa shape index (κ1) is 48.4. The average Bonchev–Trinajstić information content (AvgIpc) is 3.09. The van der Waals surface area contributed by atoms with Gasteiger partial charge in [0.2, 0.25) is 0 Å². The highest BCUT2D eigenvalue weighted by molar-refractivity contribution is 5.71. The number of carbonyl (C=O) groups is 3. The molecule has 0 saturated heterocycles. The summed E-state index contributed by atoms with van der Waals surface area (Å²) in [5, 5.41) is 0. The minimum Gasteiger partial charge on any atom is -0.462 e. The second-order valence-corrected chi connectivity index (χ2v) is 15.5. The van der Waals surface area contributed by atoms with Gasteiger partial charge in [0.1, 0.15) is 13.2 Å². The summed E-state index contributed by atoms with van der Waals surface area (Å²) in [6, 6.07) is 0. The molecular formula is C44H84O6. The van der Waals surface area contributed by atoms with Gasteiger partial charge in [0.05, 0.1) is 0 Å². The number of ether oxygens (including phenoxy) is 3. The van der Waals surface area contributed by atoms with Crippen LogP contribution in [0.3, 0.4) is 0 Å². The van der Waals surface area contributed by atoms with Gasteiger partial charge >= 0.3 is 17.9 Å². The van der Waals surface area contributed by atoms with Crippen molar-refractivity contribution >= 4 is 17.9 Å². The molecule has 0 fully saturated rings. The van der Waals surface area contributed by atoms with Crippen LogP contribution in [-0.2, 0) is 28.6 Å². The van der Waals surface area contributed by atoms with Gasteiger partial charge in [-0.3, -0.25) is 14.4 Å². The lowest BCUT2D eigenvalue weighted by atomic mass is 10.0. The Morgan fingerprint density at radius 1 is 0.380 bits per heavy atom. The van der Waals surface area contributed by atoms with Crippen LogP contribution in [0.4, 0.5) is 0 Å². The quantitative estimate of drug-likeness (QED) is 0.0359. The molecule has 0 saturated carbocycles. The number of carbonyl (C=O) groups excluding carboxylic acids is 3. The van der Waals surface area contributed by atoms with E-state index in [1.165, 1.54) is 135 Å². The molecule has 0 N–H and O–H groups in total. The van der Waals surface area contributed by atoms with E-state index in [1.54, 1.807) is 0 Å². The van der Waals surface area contributed by atoms with Crippen molar-refractivity contribution in [2.75, 3.05) is 13.2 Å². The fraction of sp³-hybridized carbons (Fsp3) is 0.932. The molecule has 0 amide bonds. The van der Waals surface area contributed by atoms with Crippen molar-refractivity contribution in [1.29, 1.82) is 0 Å². The normalized spacial score (nSPS) is 11.9. The third-order valence-corrected chi connectivity index (χ3v) is 9.79. The molecule has 0 aliphatic rings. The van der Waals surface area contributed by atoms with Crippen LogP contribution in [0.1, 0.15) is 240 Å². The topological polar surface area (TPSA) is 78.9 Å². The van der Waals surface area contributed by atoms with Gasteiger partial charge in [-0.05, 0) is 25.2 Å². The van der Waals surface area contributed by atoms with Crippen LogP contribution < -0.4 is 0 Å². The summed E-state index contributed by atoms with van der Waals surface area (Å²) in [7, 11) is 0. The van der Waals surface area contributed by atoms with Crippen molar-refractivity contribution in [3.63, 3.8) is 0 Å². The molecule has 0 spiro atoms. The third kappa shape index (κ3) is 37.7. The van der Waals surface area contributed by atoms with E-state index < -0.39 is 6.10 Å². The van der Waals surface area contributed by atoms with Gasteiger partial charge in [-0.15, -0.1) is 0 Å². The molecule has 1 atom stereocenters. The van der Waals surface area contributed by atoms with Crippen LogP contribution in [-0.4, -0.2) is 37.2 Å². The van der Waals surface area contributed by atoms with Gasteiger partial charge < -0.3 is 14.2 Å². The van der Waals surface area contributed by atoms with Gasteiger partial charge in [-0.25, -0.2) is 0 Å². The van der Waals surface area contributed by atoms with Crippen LogP contribution in [0.2, 0.25) is 0 Å². The number of hydrogen-bond acceptors (Lipinski definition) is 6. The molecular weight excluding hydrogens is 624 g/mol. The fourth-order valence-electron chi connectivity index (χ4n) is 6.45. The number of rotatable bonds is 39. The monoisotopic (exact) mass is 709 g/mol. The molecule has 6 heteroatoms. The third-order valence-electron chi connectivity index (χ3n) is 9.79. The molecule has 0 aliphatic heterocycles. The summed E-state index contributed by atoms with van der Waals surface area (Å²) in [4.78, 5) is 37.6. The van der Waals surface area contributed by atoms with E-state index in [0.717, 1.165) is 63.7 Å². The van der Waals surface area contributed by atoms with Crippen LogP contribution in [0.15, 0.2) is 0 Å². The molecule has 0 rings (SSSR count). The Bertz CT molecular complexity index is 751. The minimum atomic E-state index is -0.758. The molecule has 0 radical (unpaired) electrons. The predicted molar refractivity (Wildman–Crippen MR) is 210 cm³/mol. The van der Waals surface area contributed by atoms with Crippen molar-refractivity contribution in [2.24, 2.45) is 5.92 Å². The Labute approximate surface area is 310 Å². The van der Waals surface area contributed by atoms with E-state index in [9.17, 15) is 14.4 Å². The number of hydrogen-bond donors (Lipinski definition) is 0. The molecule has 296 valence electrons. The Kier molecular flexibility index (Phi) is 37.4. The molecule has 0 bridgehead atoms. The van der Waals surface area contributed by atoms with E-state index in [1.807, 2.05) is 0 Å². The van der Waals surface area contributed by atoms with E-state index in [-0.39, 0.29) is 31.1 Å². The maximum Gasteiger partial charge on any atom is 0.306 e. The zero-order valence-electron chi connectivity index (χ0n) is 33.9. The summed E-state index contributed by atoms with van der Waals surface area (Å²) in [6.45, 7) is 8.92. The van der Waals surface area contributed by atoms with Crippen LogP contribution >= 0.6 is 0 Å². The fourth-order valence-corrected chi connectivity index (χ4v) is 6.45. The van der Waals surface area contributed by atoms with Crippen LogP contribution in [0.5, 0.6) is 0 Å². The summed E-state index contributed by atoms with van der Waals surface area (Å²) in [5.41, 5.74) is 0. The Morgan fingerprint density at radius 2 is 0.660 bits per heavy atom. The molecule has 6 nitrogen and oxygen atoms in total. The second-order valence-electron chi connectivity index (χ2n) is 15.5. The molecule has 0 aromatic heterocycles. The smallest absolute Gasteiger partial charge is 0.306 e. The summed E-state index contributed by atoms with van der Waals surface area (Å²) in [5.74, 6) is -0.0787. The van der Waals surface area contributed by atoms with Gasteiger partial charge in [0, 0.05) is 19.3 Å². The highest BCUT2D eigenvalue weighted by Crippen LogP contribution is 2.15. The zero-order chi connectivity index (χ0) is 36.8. The first-order valence-corrected chi connectivity index (χ1v) is 21.9. The molecule has 0 heterocycles. The van der Waals surface area contributed by atoms with Crippen molar-refractivity contribution in [3.05, 3.63) is 0 Å². The summed E-state index contributed by atoms with van der Waals surface area (Å²) in [6.07, 6.45) is 36.6. The Balaban J connectivity index is 4.34. The van der Waals surface area contributed by atoms with E-state index >= 15 is 0 Å². The second kappa shape index (κ2) is 38.6. The Hall–Kier alpha value is -1.59. The van der Waals surface area contributed by atoms with Gasteiger partial charge in [-0.1, -0.05) is 201 Å². The molecule has 50 heavy (non-hydrogen) atoms. The average molecular weight is 709 g/mol. The predicted octanol–water partition coefficient (Wildman–Crippen LogP) is 13.6. The van der Waals surface area contributed by atoms with Crippen molar-refractivity contribution in [3.8, 4) is 0 Å². The summed E-state index contributed by atoms with van der Waals surface area (Å²) >= 11 is 0. The minimum absolute atomic E-state index is 0.0645. The lowest BCUT2D eigenvalue weighted by Gasteiger charge is -2.18. The maximum absolute atomic E-state index is 12.7. The molecule has 0 unspecified atom stereocenters. The summed E-state index contributed by atoms with van der Waals surface area (Å²) < 4.78 is 16.7. The number of esters is 3. The standard InChI is InChI=1S/C44H84O6/c1-5-7-9-11-13-15-17-19-23-27-31-35-42(45)48-38-41(39-49-43(46)36-32-28-25-21-22-26-30-34-40(3)4)50-44(47)37-33-29-24-20-18-16-14-12-10-8-6-2/h40-41H,5-39H2,1-4H3/t41-/m1/s1. The highest BCUT2D eigenvalue weighted by Gasteiger charge is 2.19. The molecule has 0 aliphatic carbocycles. The van der Waals surface area contributed by atoms with E-state index in [0.29, 0.717) is 19.3 Å². The SMILES string of the molecule is CCCCCCCCCCCCCC(=O)OC[C@H](COC(=O)CCCCCCCCCC(C)C)OC(=O)CCCCCCCCCCCCC. The van der Waals surface area contributed by atoms with Gasteiger partial charge in [0.15, 0.2) is 6.10 Å². The van der Waals surface area contributed by atoms with Crippen molar-refractivity contribution < 1.29 is 28.6 Å². The highest BCUT2D eigenvalue weighted by atomic mass is 16.6. The van der Waals surface area contributed by atoms with E-state index in [4.69, 9.17) is 14.2 Å². The first-order chi connectivity index (χ1) is 24.4. The lowest BCUT2D eigenvalue weighted by Crippen LogP contribution is -2.30. The van der Waals surface area contributed by atoms with E-state index in [2.05, 4.69) is 27.7 Å². The van der Waals surface area contributed by atoms with Crippen LogP contribution in [0, 0.1) is 5.92 Å². The van der Waals surface area contributed by atoms with Gasteiger partial charge in [-0.2, -0.15) is 0 Å². The maximum atomic E-state index is 12.7. The van der Waals surface area contributed by atoms with Crippen molar-refractivity contribution in [1.82, 2.24) is 0 Å². The van der Waals surface area contributed by atoms with Gasteiger partial charge in [0.25, 0.3) is 0 Å². The largest absolute Gasteiger partial charge is 0.462 e.